The molecule has 2 rings (SSSR count). The van der Waals surface area contributed by atoms with Crippen LogP contribution in [0.4, 0.5) is 0 Å². The summed E-state index contributed by atoms with van der Waals surface area (Å²) in [5, 5.41) is 1.63. The van der Waals surface area contributed by atoms with Gasteiger partial charge in [0.2, 0.25) is 0 Å². The van der Waals surface area contributed by atoms with Crippen LogP contribution in [0.25, 0.3) is 10.8 Å². The molecule has 2 nitrogen and oxygen atoms in total. The van der Waals surface area contributed by atoms with Crippen molar-refractivity contribution >= 4 is 10.8 Å². The molecule has 1 aromatic heterocycles. The maximum Gasteiger partial charge on any atom is 0.343 e. The monoisotopic (exact) mass is 187 g/mol. The minimum absolute atomic E-state index is 0.270. The van der Waals surface area contributed by atoms with E-state index in [0.29, 0.717) is 5.39 Å². The van der Waals surface area contributed by atoms with Crippen LogP contribution in [0.15, 0.2) is 39.7 Å². The molecule has 0 saturated heterocycles. The Morgan fingerprint density at radius 3 is 2.64 bits per heavy atom. The van der Waals surface area contributed by atoms with E-state index in [1.165, 1.54) is 6.26 Å². The summed E-state index contributed by atoms with van der Waals surface area (Å²) in [7, 11) is 0. The van der Waals surface area contributed by atoms with Crippen molar-refractivity contribution in [3.05, 3.63) is 53.4 Å². The van der Waals surface area contributed by atoms with E-state index in [0.717, 1.165) is 23.8 Å². The second-order valence-corrected chi connectivity index (χ2v) is 3.20. The lowest BCUT2D eigenvalue weighted by Crippen LogP contribution is -2.00. The predicted molar refractivity (Wildman–Crippen MR) is 56.2 cm³/mol. The lowest BCUT2D eigenvalue weighted by atomic mass is 10.1. The number of hydrogen-bond donors (Lipinski definition) is 0. The van der Waals surface area contributed by atoms with Gasteiger partial charge in [0.25, 0.3) is 0 Å². The van der Waals surface area contributed by atoms with Crippen molar-refractivity contribution in [3.63, 3.8) is 0 Å². The van der Waals surface area contributed by atoms with Gasteiger partial charge in [-0.25, -0.2) is 4.79 Å². The Bertz CT molecular complexity index is 497. The van der Waals surface area contributed by atoms with Crippen LogP contribution in [-0.4, -0.2) is 0 Å². The first kappa shape index (κ1) is 9.00. The van der Waals surface area contributed by atoms with Crippen LogP contribution in [0.2, 0.25) is 0 Å². The lowest BCUT2D eigenvalue weighted by molar-refractivity contribution is 0.513. The maximum atomic E-state index is 11.4. The number of rotatable bonds is 2. The molecule has 0 atom stereocenters. The quantitative estimate of drug-likeness (QED) is 0.723. The van der Waals surface area contributed by atoms with E-state index in [-0.39, 0.29) is 5.63 Å². The van der Waals surface area contributed by atoms with Crippen molar-refractivity contribution in [2.24, 2.45) is 0 Å². The van der Waals surface area contributed by atoms with Crippen molar-refractivity contribution in [3.8, 4) is 0 Å². The minimum atomic E-state index is -0.270. The highest BCUT2D eigenvalue weighted by molar-refractivity contribution is 5.83. The molecule has 0 aliphatic carbocycles. The molecule has 0 saturated carbocycles. The van der Waals surface area contributed by atoms with Gasteiger partial charge in [-0.15, -0.1) is 0 Å². The topological polar surface area (TPSA) is 30.2 Å². The van der Waals surface area contributed by atoms with Crippen LogP contribution < -0.4 is 5.63 Å². The Balaban J connectivity index is 2.75. The zero-order chi connectivity index (χ0) is 9.97. The molecule has 0 aliphatic rings. The molecule has 0 aliphatic heterocycles. The smallest absolute Gasteiger partial charge is 0.343 e. The average Bonchev–Trinajstić information content (AvgIpc) is 2.23. The summed E-state index contributed by atoms with van der Waals surface area (Å²) >= 11 is 0. The third-order valence-electron chi connectivity index (χ3n) is 2.25. The minimum Gasteiger partial charge on any atom is -0.431 e. The molecule has 71 valence electrons. The fourth-order valence-electron chi connectivity index (χ4n) is 1.58. The van der Waals surface area contributed by atoms with Crippen molar-refractivity contribution in [1.82, 2.24) is 0 Å². The Hall–Kier alpha value is -1.57. The molecule has 0 spiro atoms. The zero-order valence-corrected chi connectivity index (χ0v) is 7.82. The maximum absolute atomic E-state index is 11.4. The molecule has 1 heterocycles. The van der Waals surface area contributed by atoms with Gasteiger partial charge in [0.05, 0.1) is 11.6 Å². The first-order valence-corrected chi connectivity index (χ1v) is 4.61. The van der Waals surface area contributed by atoms with E-state index >= 15 is 0 Å². The molecule has 14 heavy (non-hydrogen) atoms. The molecule has 1 radical (unpaired) electrons. The Morgan fingerprint density at radius 2 is 1.93 bits per heavy atom. The number of aryl methyl sites for hydroxylation is 1. The molecule has 0 fully saturated rings. The van der Waals surface area contributed by atoms with Gasteiger partial charge in [-0.05, 0) is 29.9 Å². The fraction of sp³-hybridized carbons (Fsp3) is 0.167. The molecular formula is C12H11O2. The standard InChI is InChI=1S/C12H11O2/c1-2-5-9-8-14-12(13)11-7-4-3-6-10(9)11/h3-4,6-8H,1-2,5H2. The summed E-state index contributed by atoms with van der Waals surface area (Å²) < 4.78 is 4.94. The highest BCUT2D eigenvalue weighted by Gasteiger charge is 2.03. The largest absolute Gasteiger partial charge is 0.431 e. The van der Waals surface area contributed by atoms with E-state index in [1.807, 2.05) is 18.2 Å². The molecule has 1 aromatic carbocycles. The number of hydrogen-bond acceptors (Lipinski definition) is 2. The third kappa shape index (κ3) is 1.43. The lowest BCUT2D eigenvalue weighted by Gasteiger charge is -2.02. The van der Waals surface area contributed by atoms with Crippen molar-refractivity contribution in [2.45, 2.75) is 12.8 Å². The number of fused-ring (bicyclic) bond motifs is 1. The summed E-state index contributed by atoms with van der Waals surface area (Å²) in [5.41, 5.74) is 0.781. The Morgan fingerprint density at radius 1 is 1.21 bits per heavy atom. The zero-order valence-electron chi connectivity index (χ0n) is 7.82. The number of benzene rings is 1. The van der Waals surface area contributed by atoms with Gasteiger partial charge in [-0.3, -0.25) is 0 Å². The first-order valence-electron chi connectivity index (χ1n) is 4.61. The summed E-state index contributed by atoms with van der Waals surface area (Å²) in [4.78, 5) is 11.4. The molecule has 2 heteroatoms. The van der Waals surface area contributed by atoms with E-state index in [4.69, 9.17) is 4.42 Å². The van der Waals surface area contributed by atoms with E-state index < -0.39 is 0 Å². The molecule has 2 aromatic rings. The Labute approximate surface area is 82.2 Å². The summed E-state index contributed by atoms with van der Waals surface area (Å²) in [6.45, 7) is 3.79. The third-order valence-corrected chi connectivity index (χ3v) is 2.25. The Kier molecular flexibility index (Phi) is 2.35. The van der Waals surface area contributed by atoms with E-state index in [1.54, 1.807) is 6.07 Å². The van der Waals surface area contributed by atoms with E-state index in [2.05, 4.69) is 6.92 Å². The molecule has 0 bridgehead atoms. The summed E-state index contributed by atoms with van der Waals surface area (Å²) in [6, 6.07) is 7.49. The molecule has 0 N–H and O–H groups in total. The van der Waals surface area contributed by atoms with Gasteiger partial charge in [0.15, 0.2) is 0 Å². The second kappa shape index (κ2) is 3.66. The first-order chi connectivity index (χ1) is 6.83. The van der Waals surface area contributed by atoms with Crippen molar-refractivity contribution in [2.75, 3.05) is 0 Å². The van der Waals surface area contributed by atoms with Crippen molar-refractivity contribution in [1.29, 1.82) is 0 Å². The fourth-order valence-corrected chi connectivity index (χ4v) is 1.58. The summed E-state index contributed by atoms with van der Waals surface area (Å²) in [6.07, 6.45) is 3.18. The van der Waals surface area contributed by atoms with Gasteiger partial charge >= 0.3 is 5.63 Å². The van der Waals surface area contributed by atoms with Crippen LogP contribution in [0.1, 0.15) is 12.0 Å². The SMILES string of the molecule is [CH2]CCc1coc(=O)c2ccccc12. The highest BCUT2D eigenvalue weighted by atomic mass is 16.4. The average molecular weight is 187 g/mol. The van der Waals surface area contributed by atoms with Crippen LogP contribution in [-0.2, 0) is 6.42 Å². The van der Waals surface area contributed by atoms with Crippen LogP contribution in [0.5, 0.6) is 0 Å². The second-order valence-electron chi connectivity index (χ2n) is 3.20. The van der Waals surface area contributed by atoms with Crippen LogP contribution in [0, 0.1) is 6.92 Å². The van der Waals surface area contributed by atoms with Gasteiger partial charge in [-0.1, -0.05) is 25.1 Å². The summed E-state index contributed by atoms with van der Waals surface area (Å²) in [5.74, 6) is 0. The van der Waals surface area contributed by atoms with Crippen LogP contribution in [0.3, 0.4) is 0 Å². The van der Waals surface area contributed by atoms with Gasteiger partial charge in [0, 0.05) is 0 Å². The van der Waals surface area contributed by atoms with Gasteiger partial charge in [-0.2, -0.15) is 0 Å². The highest BCUT2D eigenvalue weighted by Crippen LogP contribution is 2.16. The molecule has 0 unspecified atom stereocenters. The van der Waals surface area contributed by atoms with Crippen LogP contribution >= 0.6 is 0 Å². The van der Waals surface area contributed by atoms with E-state index in [9.17, 15) is 4.79 Å². The van der Waals surface area contributed by atoms with Gasteiger partial charge in [0.1, 0.15) is 0 Å². The molecule has 0 amide bonds. The predicted octanol–water partition coefficient (Wildman–Crippen LogP) is 2.56. The van der Waals surface area contributed by atoms with Gasteiger partial charge < -0.3 is 4.42 Å². The van der Waals surface area contributed by atoms with Crippen molar-refractivity contribution < 1.29 is 4.42 Å². The normalized spacial score (nSPS) is 10.6. The molecular weight excluding hydrogens is 176 g/mol.